The number of hydrogen-bond donors (Lipinski definition) is 0. The first kappa shape index (κ1) is 17.9. The van der Waals surface area contributed by atoms with Gasteiger partial charge in [0.25, 0.3) is 0 Å². The number of hydrogen-bond acceptors (Lipinski definition) is 7. The first-order valence-electron chi connectivity index (χ1n) is 6.04. The largest absolute Gasteiger partial charge is 0.508 e. The van der Waals surface area contributed by atoms with E-state index in [1.807, 2.05) is 6.92 Å². The van der Waals surface area contributed by atoms with E-state index in [4.69, 9.17) is 4.74 Å². The lowest BCUT2D eigenvalue weighted by atomic mass is 10.1. The average Bonchev–Trinajstić information content (AvgIpc) is 2.42. The number of rotatable bonds is 7. The summed E-state index contributed by atoms with van der Waals surface area (Å²) in [7, 11) is 2.42. The highest BCUT2D eigenvalue weighted by Gasteiger charge is 2.17. The van der Waals surface area contributed by atoms with E-state index in [0.717, 1.165) is 0 Å². The van der Waals surface area contributed by atoms with Gasteiger partial charge < -0.3 is 18.9 Å². The summed E-state index contributed by atoms with van der Waals surface area (Å²) in [4.78, 5) is 32.9. The number of ether oxygens (including phenoxy) is 4. The molecule has 0 aromatic carbocycles. The van der Waals surface area contributed by atoms with Crippen LogP contribution in [-0.2, 0) is 28.5 Å². The summed E-state index contributed by atoms with van der Waals surface area (Å²) in [6, 6.07) is 0. The average molecular weight is 288 g/mol. The minimum atomic E-state index is -0.764. The van der Waals surface area contributed by atoms with Crippen LogP contribution in [0.25, 0.3) is 0 Å². The smallest absolute Gasteiger partial charge is 0.469 e. The molecule has 0 fully saturated rings. The molecule has 0 unspecified atom stereocenters. The molecule has 2 atom stereocenters. The predicted molar refractivity (Wildman–Crippen MR) is 68.8 cm³/mol. The monoisotopic (exact) mass is 288 g/mol. The van der Waals surface area contributed by atoms with Gasteiger partial charge in [-0.25, -0.2) is 4.79 Å². The Hall–Kier alpha value is -2.05. The van der Waals surface area contributed by atoms with Crippen molar-refractivity contribution >= 4 is 18.1 Å². The van der Waals surface area contributed by atoms with Gasteiger partial charge in [-0.3, -0.25) is 9.59 Å². The minimum absolute atomic E-state index is 0.0693. The van der Waals surface area contributed by atoms with Crippen LogP contribution >= 0.6 is 0 Å². The normalized spacial score (nSPS) is 13.4. The van der Waals surface area contributed by atoms with Crippen LogP contribution in [0.2, 0.25) is 0 Å². The van der Waals surface area contributed by atoms with Crippen LogP contribution in [0.5, 0.6) is 0 Å². The van der Waals surface area contributed by atoms with Crippen molar-refractivity contribution in [2.24, 2.45) is 5.92 Å². The molecule has 0 amide bonds. The summed E-state index contributed by atoms with van der Waals surface area (Å²) < 4.78 is 18.4. The molecule has 0 aromatic heterocycles. The maximum atomic E-state index is 11.4. The summed E-state index contributed by atoms with van der Waals surface area (Å²) in [6.07, 6.45) is 1.76. The van der Waals surface area contributed by atoms with Crippen molar-refractivity contribution in [3.63, 3.8) is 0 Å². The fourth-order valence-corrected chi connectivity index (χ4v) is 1.15. The molecule has 7 nitrogen and oxygen atoms in total. The number of esters is 2. The lowest BCUT2D eigenvalue weighted by Crippen LogP contribution is -2.23. The molecule has 0 aliphatic carbocycles. The molecule has 0 aromatic rings. The molecule has 0 bridgehead atoms. The molecule has 0 rings (SSSR count). The molecule has 20 heavy (non-hydrogen) atoms. The van der Waals surface area contributed by atoms with Crippen molar-refractivity contribution in [1.29, 1.82) is 0 Å². The van der Waals surface area contributed by atoms with E-state index in [0.29, 0.717) is 0 Å². The Morgan fingerprint density at radius 1 is 1.05 bits per heavy atom. The molecular weight excluding hydrogens is 268 g/mol. The Morgan fingerprint density at radius 2 is 1.70 bits per heavy atom. The molecule has 7 heteroatoms. The predicted octanol–water partition coefficient (Wildman–Crippen LogP) is 1.46. The highest BCUT2D eigenvalue weighted by atomic mass is 16.7. The van der Waals surface area contributed by atoms with Crippen LogP contribution in [0.4, 0.5) is 4.79 Å². The highest BCUT2D eigenvalue weighted by molar-refractivity contribution is 5.91. The summed E-state index contributed by atoms with van der Waals surface area (Å²) in [5.74, 6) is -1.38. The van der Waals surface area contributed by atoms with E-state index in [1.165, 1.54) is 14.2 Å². The third kappa shape index (κ3) is 8.12. The van der Waals surface area contributed by atoms with Crippen LogP contribution in [-0.4, -0.2) is 45.0 Å². The number of carbonyl (C=O) groups is 3. The van der Waals surface area contributed by atoms with Crippen LogP contribution in [0.3, 0.4) is 0 Å². The van der Waals surface area contributed by atoms with Crippen molar-refractivity contribution in [2.75, 3.05) is 20.8 Å². The molecular formula is C13H20O7. The number of methoxy groups -OCH3 is 2. The van der Waals surface area contributed by atoms with Gasteiger partial charge in [0, 0.05) is 5.92 Å². The van der Waals surface area contributed by atoms with Gasteiger partial charge in [-0.15, -0.1) is 0 Å². The second-order valence-electron chi connectivity index (χ2n) is 4.00. The van der Waals surface area contributed by atoms with Crippen molar-refractivity contribution in [3.05, 3.63) is 12.2 Å². The quantitative estimate of drug-likeness (QED) is 0.303. The van der Waals surface area contributed by atoms with E-state index in [1.54, 1.807) is 19.1 Å². The van der Waals surface area contributed by atoms with E-state index < -0.39 is 30.6 Å². The second-order valence-corrected chi connectivity index (χ2v) is 4.00. The Morgan fingerprint density at radius 3 is 2.25 bits per heavy atom. The molecule has 0 saturated carbocycles. The van der Waals surface area contributed by atoms with Crippen molar-refractivity contribution in [3.8, 4) is 0 Å². The maximum Gasteiger partial charge on any atom is 0.508 e. The van der Waals surface area contributed by atoms with Gasteiger partial charge in [-0.1, -0.05) is 19.1 Å². The third-order valence-electron chi connectivity index (χ3n) is 2.48. The summed E-state index contributed by atoms with van der Waals surface area (Å²) >= 11 is 0. The van der Waals surface area contributed by atoms with Crippen molar-refractivity contribution in [2.45, 2.75) is 26.4 Å². The Labute approximate surface area is 117 Å². The first-order chi connectivity index (χ1) is 9.40. The Balaban J connectivity index is 4.05. The molecule has 0 aliphatic heterocycles. The SMILES string of the molecule is COC(=O)CC(=O)O[C@H](C)[C@H](C)/C=C/COC(=O)OC. The second kappa shape index (κ2) is 9.82. The van der Waals surface area contributed by atoms with Crippen LogP contribution < -0.4 is 0 Å². The Kier molecular flexibility index (Phi) is 8.82. The molecule has 114 valence electrons. The summed E-state index contributed by atoms with van der Waals surface area (Å²) in [5.41, 5.74) is 0. The van der Waals surface area contributed by atoms with E-state index in [2.05, 4.69) is 14.2 Å². The molecule has 0 N–H and O–H groups in total. The zero-order valence-electron chi connectivity index (χ0n) is 12.1. The molecule has 0 radical (unpaired) electrons. The van der Waals surface area contributed by atoms with Gasteiger partial charge in [0.1, 0.15) is 19.1 Å². The van der Waals surface area contributed by atoms with Crippen molar-refractivity contribution < 1.29 is 33.3 Å². The van der Waals surface area contributed by atoms with Crippen LogP contribution in [0.15, 0.2) is 12.2 Å². The fraction of sp³-hybridized carbons (Fsp3) is 0.615. The topological polar surface area (TPSA) is 88.1 Å². The third-order valence-corrected chi connectivity index (χ3v) is 2.48. The number of carbonyl (C=O) groups excluding carboxylic acids is 3. The highest BCUT2D eigenvalue weighted by Crippen LogP contribution is 2.10. The minimum Gasteiger partial charge on any atom is -0.469 e. The maximum absolute atomic E-state index is 11.4. The lowest BCUT2D eigenvalue weighted by Gasteiger charge is -2.17. The van der Waals surface area contributed by atoms with Gasteiger partial charge >= 0.3 is 18.1 Å². The van der Waals surface area contributed by atoms with Gasteiger partial charge in [-0.05, 0) is 6.92 Å². The standard InChI is InChI=1S/C13H20O7/c1-9(6-5-7-19-13(16)18-4)10(2)20-12(15)8-11(14)17-3/h5-6,9-10H,7-8H2,1-4H3/b6-5+/t9-,10-/m1/s1. The lowest BCUT2D eigenvalue weighted by molar-refractivity contribution is -0.156. The molecule has 0 spiro atoms. The van der Waals surface area contributed by atoms with Crippen molar-refractivity contribution in [1.82, 2.24) is 0 Å². The van der Waals surface area contributed by atoms with E-state index in [-0.39, 0.29) is 12.5 Å². The van der Waals surface area contributed by atoms with Crippen LogP contribution in [0, 0.1) is 5.92 Å². The molecule has 0 aliphatic rings. The first-order valence-corrected chi connectivity index (χ1v) is 6.04. The Bertz CT molecular complexity index is 362. The van der Waals surface area contributed by atoms with Crippen LogP contribution in [0.1, 0.15) is 20.3 Å². The van der Waals surface area contributed by atoms with Gasteiger partial charge in [-0.2, -0.15) is 0 Å². The summed E-state index contributed by atoms with van der Waals surface area (Å²) in [5, 5.41) is 0. The fourth-order valence-electron chi connectivity index (χ4n) is 1.15. The summed E-state index contributed by atoms with van der Waals surface area (Å²) in [6.45, 7) is 3.59. The van der Waals surface area contributed by atoms with Gasteiger partial charge in [0.2, 0.25) is 0 Å². The van der Waals surface area contributed by atoms with Gasteiger partial charge in [0.15, 0.2) is 0 Å². The zero-order chi connectivity index (χ0) is 15.5. The van der Waals surface area contributed by atoms with Gasteiger partial charge in [0.05, 0.1) is 14.2 Å². The zero-order valence-corrected chi connectivity index (χ0v) is 12.1. The van der Waals surface area contributed by atoms with E-state index in [9.17, 15) is 14.4 Å². The van der Waals surface area contributed by atoms with E-state index >= 15 is 0 Å². The molecule has 0 heterocycles. The molecule has 0 saturated heterocycles.